The maximum Gasteiger partial charge on any atom is 0.250 e. The molecule has 1 aliphatic rings. The van der Waals surface area contributed by atoms with E-state index in [0.717, 1.165) is 6.08 Å². The number of hydrogen-bond acceptors (Lipinski definition) is 4. The van der Waals surface area contributed by atoms with Gasteiger partial charge < -0.3 is 0 Å². The van der Waals surface area contributed by atoms with Gasteiger partial charge >= 0.3 is 0 Å². The lowest BCUT2D eigenvalue weighted by Crippen LogP contribution is -2.19. The van der Waals surface area contributed by atoms with Crippen LogP contribution in [0.25, 0.3) is 0 Å². The van der Waals surface area contributed by atoms with Gasteiger partial charge in [0.1, 0.15) is 0 Å². The van der Waals surface area contributed by atoms with Gasteiger partial charge in [-0.15, -0.1) is 0 Å². The van der Waals surface area contributed by atoms with E-state index in [4.69, 9.17) is 10.2 Å². The number of amides is 2. The van der Waals surface area contributed by atoms with Gasteiger partial charge in [-0.25, -0.2) is 10.2 Å². The average molecular weight is 140 g/mol. The highest BCUT2D eigenvalue weighted by molar-refractivity contribution is 6.12. The van der Waals surface area contributed by atoms with Crippen molar-refractivity contribution in [1.29, 1.82) is 5.41 Å². The van der Waals surface area contributed by atoms with Gasteiger partial charge in [0.15, 0.2) is 0 Å². The first kappa shape index (κ1) is 8.26. The van der Waals surface area contributed by atoms with Gasteiger partial charge in [-0.1, -0.05) is 0 Å². The second-order valence-corrected chi connectivity index (χ2v) is 1.29. The lowest BCUT2D eigenvalue weighted by atomic mass is 10.6. The first-order valence-corrected chi connectivity index (χ1v) is 2.27. The number of imide groups is 1. The van der Waals surface area contributed by atoms with Gasteiger partial charge in [0.25, 0.3) is 11.8 Å². The van der Waals surface area contributed by atoms with E-state index in [-0.39, 0.29) is 11.8 Å². The van der Waals surface area contributed by atoms with Crippen molar-refractivity contribution in [3.63, 3.8) is 0 Å². The molecule has 52 valence electrons. The fourth-order valence-electron chi connectivity index (χ4n) is 0.356. The van der Waals surface area contributed by atoms with Crippen LogP contribution in [-0.2, 0) is 14.4 Å². The molecule has 1 rings (SSSR count). The number of carbonyl (C=O) groups excluding carboxylic acids is 3. The Labute approximate surface area is 56.2 Å². The van der Waals surface area contributed by atoms with Crippen molar-refractivity contribution in [2.24, 2.45) is 0 Å². The molecule has 5 heteroatoms. The molecule has 0 bridgehead atoms. The molecule has 1 heterocycles. The summed E-state index contributed by atoms with van der Waals surface area (Å²) in [6, 6.07) is 0. The first-order valence-electron chi connectivity index (χ1n) is 2.27. The third-order valence-corrected chi connectivity index (χ3v) is 0.632. The molecule has 0 aromatic heterocycles. The largest absolute Gasteiger partial charge is 0.289 e. The summed E-state index contributed by atoms with van der Waals surface area (Å²) in [5.74, 6) is -0.657. The molecule has 10 heavy (non-hydrogen) atoms. The minimum atomic E-state index is -0.329. The van der Waals surface area contributed by atoms with E-state index in [1.165, 1.54) is 12.2 Å². The molecule has 0 aliphatic carbocycles. The minimum Gasteiger partial charge on any atom is -0.289 e. The summed E-state index contributed by atoms with van der Waals surface area (Å²) in [6.07, 6.45) is 3.14. The van der Waals surface area contributed by atoms with Crippen molar-refractivity contribution in [3.05, 3.63) is 12.2 Å². The summed E-state index contributed by atoms with van der Waals surface area (Å²) >= 11 is 0. The third-order valence-electron chi connectivity index (χ3n) is 0.632. The van der Waals surface area contributed by atoms with E-state index in [0.29, 0.717) is 0 Å². The topological polar surface area (TPSA) is 87.1 Å². The van der Waals surface area contributed by atoms with E-state index in [2.05, 4.69) is 0 Å². The van der Waals surface area contributed by atoms with Crippen LogP contribution in [0.1, 0.15) is 0 Å². The second-order valence-electron chi connectivity index (χ2n) is 1.29. The van der Waals surface area contributed by atoms with E-state index in [1.807, 2.05) is 5.32 Å². The fourth-order valence-corrected chi connectivity index (χ4v) is 0.356. The molecular weight excluding hydrogens is 136 g/mol. The molecule has 0 unspecified atom stereocenters. The Kier molecular flexibility index (Phi) is 3.44. The van der Waals surface area contributed by atoms with E-state index >= 15 is 0 Å². The molecule has 1 aliphatic heterocycles. The molecule has 0 radical (unpaired) electrons. The molecule has 0 atom stereocenters. The third kappa shape index (κ3) is 3.29. The van der Waals surface area contributed by atoms with Gasteiger partial charge in [-0.05, 0) is 0 Å². The van der Waals surface area contributed by atoms with Crippen LogP contribution in [-0.4, -0.2) is 17.9 Å². The van der Waals surface area contributed by atoms with Crippen molar-refractivity contribution in [3.8, 4) is 0 Å². The lowest BCUT2D eigenvalue weighted by Gasteiger charge is -1.80. The molecule has 0 saturated carbocycles. The summed E-state index contributed by atoms with van der Waals surface area (Å²) in [4.78, 5) is 28.4. The Morgan fingerprint density at radius 2 is 1.60 bits per heavy atom. The van der Waals surface area contributed by atoms with Gasteiger partial charge in [0.2, 0.25) is 6.08 Å². The monoisotopic (exact) mass is 140 g/mol. The number of rotatable bonds is 0. The molecule has 2 amide bonds. The molecule has 0 spiro atoms. The highest BCUT2D eigenvalue weighted by Gasteiger charge is 2.06. The quantitative estimate of drug-likeness (QED) is 0.259. The lowest BCUT2D eigenvalue weighted by molar-refractivity contribution is -0.123. The Morgan fingerprint density at radius 3 is 1.70 bits per heavy atom. The summed E-state index contributed by atoms with van der Waals surface area (Å²) < 4.78 is 0. The summed E-state index contributed by atoms with van der Waals surface area (Å²) in [6.45, 7) is 0. The Balaban J connectivity index is 0.000000236. The zero-order valence-electron chi connectivity index (χ0n) is 4.88. The maximum atomic E-state index is 10.0. The standard InChI is InChI=1S/C4H3NO2.CHNO/c6-3-1-2-4(7)5-3;2-1-3/h1-2H,(H,5,6,7);2H. The number of carbonyl (C=O) groups is 2. The predicted molar refractivity (Wildman–Crippen MR) is 30.7 cm³/mol. The molecule has 0 aromatic carbocycles. The Hall–Kier alpha value is -1.74. The van der Waals surface area contributed by atoms with Crippen LogP contribution in [0, 0.1) is 5.41 Å². The fraction of sp³-hybridized carbons (Fsp3) is 0. The van der Waals surface area contributed by atoms with Gasteiger partial charge in [0.05, 0.1) is 0 Å². The van der Waals surface area contributed by atoms with Crippen LogP contribution in [0.3, 0.4) is 0 Å². The van der Waals surface area contributed by atoms with Crippen LogP contribution >= 0.6 is 0 Å². The highest BCUT2D eigenvalue weighted by Crippen LogP contribution is 1.82. The van der Waals surface area contributed by atoms with Gasteiger partial charge in [-0.2, -0.15) is 0 Å². The maximum absolute atomic E-state index is 10.0. The second kappa shape index (κ2) is 4.17. The Bertz CT molecular complexity index is 197. The van der Waals surface area contributed by atoms with Gasteiger partial charge in [-0.3, -0.25) is 14.9 Å². The summed E-state index contributed by atoms with van der Waals surface area (Å²) in [7, 11) is 0. The SMILES string of the molecule is N=C=O.O=C1C=CC(=O)N1. The molecule has 5 nitrogen and oxygen atoms in total. The first-order chi connectivity index (χ1) is 4.70. The van der Waals surface area contributed by atoms with Crippen LogP contribution < -0.4 is 5.32 Å². The van der Waals surface area contributed by atoms with E-state index in [9.17, 15) is 9.59 Å². The number of nitrogens with one attached hydrogen (secondary N) is 2. The van der Waals surface area contributed by atoms with Crippen LogP contribution in [0.15, 0.2) is 12.2 Å². The van der Waals surface area contributed by atoms with E-state index in [1.54, 1.807) is 0 Å². The highest BCUT2D eigenvalue weighted by atomic mass is 16.2. The number of isocyanates is 1. The van der Waals surface area contributed by atoms with Gasteiger partial charge in [0, 0.05) is 12.2 Å². The van der Waals surface area contributed by atoms with Crippen molar-refractivity contribution < 1.29 is 14.4 Å². The zero-order chi connectivity index (χ0) is 7.98. The van der Waals surface area contributed by atoms with Crippen molar-refractivity contribution >= 4 is 17.9 Å². The smallest absolute Gasteiger partial charge is 0.250 e. The predicted octanol–water partition coefficient (Wildman–Crippen LogP) is -0.900. The minimum absolute atomic E-state index is 0.329. The molecule has 0 fully saturated rings. The van der Waals surface area contributed by atoms with Crippen LogP contribution in [0.2, 0.25) is 0 Å². The van der Waals surface area contributed by atoms with E-state index < -0.39 is 0 Å². The molecule has 0 aromatic rings. The normalized spacial score (nSPS) is 13.2. The van der Waals surface area contributed by atoms with Crippen LogP contribution in [0.5, 0.6) is 0 Å². The molecular formula is C5H4N2O3. The van der Waals surface area contributed by atoms with Crippen LogP contribution in [0.4, 0.5) is 0 Å². The summed E-state index contributed by atoms with van der Waals surface area (Å²) in [5, 5.41) is 7.43. The number of hydrogen-bond donors (Lipinski definition) is 2. The molecule has 0 saturated heterocycles. The summed E-state index contributed by atoms with van der Waals surface area (Å²) in [5.41, 5.74) is 0. The average Bonchev–Trinajstić information content (AvgIpc) is 2.17. The molecule has 2 N–H and O–H groups in total. The zero-order valence-corrected chi connectivity index (χ0v) is 4.88. The van der Waals surface area contributed by atoms with Crippen molar-refractivity contribution in [1.82, 2.24) is 5.32 Å². The van der Waals surface area contributed by atoms with Crippen molar-refractivity contribution in [2.75, 3.05) is 0 Å². The van der Waals surface area contributed by atoms with Crippen molar-refractivity contribution in [2.45, 2.75) is 0 Å². The Morgan fingerprint density at radius 1 is 1.30 bits per heavy atom.